The summed E-state index contributed by atoms with van der Waals surface area (Å²) in [5.74, 6) is 0.0458. The van der Waals surface area contributed by atoms with Crippen LogP contribution in [0.25, 0.3) is 0 Å². The second kappa shape index (κ2) is 6.05. The van der Waals surface area contributed by atoms with Crippen LogP contribution in [0.3, 0.4) is 0 Å². The van der Waals surface area contributed by atoms with Crippen molar-refractivity contribution in [2.45, 2.75) is 59.3 Å². The number of nitrogens with one attached hydrogen (secondary N) is 2. The van der Waals surface area contributed by atoms with Crippen LogP contribution in [0.2, 0.25) is 0 Å². The summed E-state index contributed by atoms with van der Waals surface area (Å²) in [4.78, 5) is 11.9. The summed E-state index contributed by atoms with van der Waals surface area (Å²) >= 11 is 0. The van der Waals surface area contributed by atoms with Gasteiger partial charge in [0, 0.05) is 30.0 Å². The van der Waals surface area contributed by atoms with E-state index in [-0.39, 0.29) is 11.4 Å². The van der Waals surface area contributed by atoms with Gasteiger partial charge in [-0.2, -0.15) is 0 Å². The third-order valence-electron chi connectivity index (χ3n) is 2.44. The van der Waals surface area contributed by atoms with Gasteiger partial charge in [0.05, 0.1) is 0 Å². The molecule has 1 heterocycles. The quantitative estimate of drug-likeness (QED) is 0.839. The number of carbonyl (C=O) groups is 1. The molecule has 1 aromatic heterocycles. The maximum Gasteiger partial charge on any atom is 0.240 e. The molecule has 0 saturated heterocycles. The van der Waals surface area contributed by atoms with Crippen LogP contribution in [0.1, 0.15) is 40.3 Å². The van der Waals surface area contributed by atoms with Crippen LogP contribution in [-0.2, 0) is 17.9 Å². The molecule has 0 bridgehead atoms. The molecule has 4 nitrogen and oxygen atoms in total. The Morgan fingerprint density at radius 3 is 2.61 bits per heavy atom. The predicted octanol–water partition coefficient (Wildman–Crippen LogP) is 1.90. The third kappa shape index (κ3) is 5.36. The third-order valence-corrected chi connectivity index (χ3v) is 2.44. The van der Waals surface area contributed by atoms with E-state index >= 15 is 0 Å². The zero-order valence-corrected chi connectivity index (χ0v) is 12.1. The summed E-state index contributed by atoms with van der Waals surface area (Å²) in [5.41, 5.74) is 0.952. The van der Waals surface area contributed by atoms with Crippen molar-refractivity contribution in [3.8, 4) is 0 Å². The highest BCUT2D eigenvalue weighted by atomic mass is 16.2. The van der Waals surface area contributed by atoms with E-state index in [1.54, 1.807) is 0 Å². The molecule has 0 fully saturated rings. The van der Waals surface area contributed by atoms with E-state index in [0.29, 0.717) is 12.6 Å². The van der Waals surface area contributed by atoms with Gasteiger partial charge in [-0.25, -0.2) is 0 Å². The van der Waals surface area contributed by atoms with E-state index in [1.165, 1.54) is 0 Å². The monoisotopic (exact) mass is 251 g/mol. The molecule has 18 heavy (non-hydrogen) atoms. The molecule has 0 saturated carbocycles. The molecule has 1 aromatic rings. The first-order chi connectivity index (χ1) is 8.28. The highest BCUT2D eigenvalue weighted by molar-refractivity contribution is 5.76. The Kier molecular flexibility index (Phi) is 4.96. The Morgan fingerprint density at radius 1 is 1.39 bits per heavy atom. The number of hydrogen-bond acceptors (Lipinski definition) is 2. The first-order valence-corrected chi connectivity index (χ1v) is 6.46. The zero-order valence-electron chi connectivity index (χ0n) is 12.1. The summed E-state index contributed by atoms with van der Waals surface area (Å²) in [5, 5.41) is 6.33. The van der Waals surface area contributed by atoms with Crippen molar-refractivity contribution in [2.24, 2.45) is 0 Å². The molecular weight excluding hydrogens is 226 g/mol. The maximum absolute atomic E-state index is 11.9. The van der Waals surface area contributed by atoms with Crippen LogP contribution in [0, 0.1) is 0 Å². The van der Waals surface area contributed by atoms with Crippen molar-refractivity contribution in [3.05, 3.63) is 24.0 Å². The van der Waals surface area contributed by atoms with Gasteiger partial charge in [-0.15, -0.1) is 0 Å². The van der Waals surface area contributed by atoms with Gasteiger partial charge in [0.1, 0.15) is 6.54 Å². The van der Waals surface area contributed by atoms with Crippen LogP contribution < -0.4 is 10.6 Å². The van der Waals surface area contributed by atoms with E-state index in [1.807, 2.05) is 43.7 Å². The van der Waals surface area contributed by atoms with Crippen molar-refractivity contribution in [2.75, 3.05) is 0 Å². The second-order valence-electron chi connectivity index (χ2n) is 5.96. The maximum atomic E-state index is 11.9. The molecule has 0 spiro atoms. The van der Waals surface area contributed by atoms with Crippen molar-refractivity contribution in [1.82, 2.24) is 15.2 Å². The average Bonchev–Trinajstić information content (AvgIpc) is 2.59. The Balaban J connectivity index is 2.57. The number of rotatable bonds is 5. The van der Waals surface area contributed by atoms with Gasteiger partial charge in [0.2, 0.25) is 5.91 Å². The van der Waals surface area contributed by atoms with Crippen LogP contribution in [0.15, 0.2) is 18.3 Å². The molecule has 102 valence electrons. The van der Waals surface area contributed by atoms with Crippen LogP contribution in [0.5, 0.6) is 0 Å². The molecule has 1 amide bonds. The number of aromatic nitrogens is 1. The molecule has 0 aromatic carbocycles. The lowest BCUT2D eigenvalue weighted by molar-refractivity contribution is -0.123. The van der Waals surface area contributed by atoms with Crippen molar-refractivity contribution in [1.29, 1.82) is 0 Å². The van der Waals surface area contributed by atoms with Crippen LogP contribution >= 0.6 is 0 Å². The SMILES string of the molecule is CC(C)NCc1cccn1CC(=O)NC(C)(C)C. The lowest BCUT2D eigenvalue weighted by Gasteiger charge is -2.21. The van der Waals surface area contributed by atoms with Gasteiger partial charge >= 0.3 is 0 Å². The van der Waals surface area contributed by atoms with Crippen molar-refractivity contribution in [3.63, 3.8) is 0 Å². The molecule has 4 heteroatoms. The average molecular weight is 251 g/mol. The van der Waals surface area contributed by atoms with Gasteiger partial charge in [-0.05, 0) is 32.9 Å². The number of hydrogen-bond donors (Lipinski definition) is 2. The summed E-state index contributed by atoms with van der Waals surface area (Å²) in [6, 6.07) is 4.46. The molecular formula is C14H25N3O. The first-order valence-electron chi connectivity index (χ1n) is 6.46. The predicted molar refractivity (Wildman–Crippen MR) is 74.3 cm³/mol. The Bertz CT molecular complexity index is 388. The summed E-state index contributed by atoms with van der Waals surface area (Å²) < 4.78 is 1.98. The molecule has 0 aliphatic rings. The zero-order chi connectivity index (χ0) is 13.8. The van der Waals surface area contributed by atoms with Crippen LogP contribution in [-0.4, -0.2) is 22.1 Å². The fourth-order valence-electron chi connectivity index (χ4n) is 1.69. The molecule has 0 atom stereocenters. The van der Waals surface area contributed by atoms with Crippen LogP contribution in [0.4, 0.5) is 0 Å². The molecule has 0 aliphatic carbocycles. The first kappa shape index (κ1) is 14.8. The van der Waals surface area contributed by atoms with E-state index < -0.39 is 0 Å². The van der Waals surface area contributed by atoms with Gasteiger partial charge in [0.15, 0.2) is 0 Å². The molecule has 0 aliphatic heterocycles. The normalized spacial score (nSPS) is 11.9. The summed E-state index contributed by atoms with van der Waals surface area (Å²) in [6.45, 7) is 11.3. The minimum Gasteiger partial charge on any atom is -0.350 e. The minimum atomic E-state index is -0.180. The largest absolute Gasteiger partial charge is 0.350 e. The van der Waals surface area contributed by atoms with E-state index in [4.69, 9.17) is 0 Å². The molecule has 0 radical (unpaired) electrons. The Morgan fingerprint density at radius 2 is 2.06 bits per heavy atom. The molecule has 2 N–H and O–H groups in total. The van der Waals surface area contributed by atoms with Crippen molar-refractivity contribution < 1.29 is 4.79 Å². The fraction of sp³-hybridized carbons (Fsp3) is 0.643. The van der Waals surface area contributed by atoms with Gasteiger partial charge in [-0.1, -0.05) is 13.8 Å². The van der Waals surface area contributed by atoms with Gasteiger partial charge < -0.3 is 15.2 Å². The minimum absolute atomic E-state index is 0.0458. The highest BCUT2D eigenvalue weighted by Crippen LogP contribution is 2.04. The van der Waals surface area contributed by atoms with Crippen molar-refractivity contribution >= 4 is 5.91 Å². The Labute approximate surface area is 110 Å². The van der Waals surface area contributed by atoms with Gasteiger partial charge in [0.25, 0.3) is 0 Å². The fourth-order valence-corrected chi connectivity index (χ4v) is 1.69. The van der Waals surface area contributed by atoms with E-state index in [2.05, 4.69) is 24.5 Å². The number of amides is 1. The standard InChI is InChI=1S/C14H25N3O/c1-11(2)15-9-12-7-6-8-17(12)10-13(18)16-14(3,4)5/h6-8,11,15H,9-10H2,1-5H3,(H,16,18). The number of nitrogens with zero attached hydrogens (tertiary/aromatic N) is 1. The molecule has 0 unspecified atom stereocenters. The second-order valence-corrected chi connectivity index (χ2v) is 5.96. The Hall–Kier alpha value is -1.29. The van der Waals surface area contributed by atoms with E-state index in [9.17, 15) is 4.79 Å². The lowest BCUT2D eigenvalue weighted by Crippen LogP contribution is -2.42. The number of carbonyl (C=O) groups excluding carboxylic acids is 1. The highest BCUT2D eigenvalue weighted by Gasteiger charge is 2.14. The summed E-state index contributed by atoms with van der Waals surface area (Å²) in [6.07, 6.45) is 1.94. The van der Waals surface area contributed by atoms with E-state index in [0.717, 1.165) is 12.2 Å². The van der Waals surface area contributed by atoms with Gasteiger partial charge in [-0.3, -0.25) is 4.79 Å². The smallest absolute Gasteiger partial charge is 0.240 e. The molecule has 1 rings (SSSR count). The lowest BCUT2D eigenvalue weighted by atomic mass is 10.1. The topological polar surface area (TPSA) is 46.1 Å². The summed E-state index contributed by atoms with van der Waals surface area (Å²) in [7, 11) is 0.